The molecule has 1 aromatic carbocycles. The summed E-state index contributed by atoms with van der Waals surface area (Å²) in [6, 6.07) is 12.4. The number of hydrogen-bond acceptors (Lipinski definition) is 4. The van der Waals surface area contributed by atoms with Crippen LogP contribution in [-0.2, 0) is 9.53 Å². The van der Waals surface area contributed by atoms with Crippen LogP contribution in [0.1, 0.15) is 41.9 Å². The zero-order valence-corrected chi connectivity index (χ0v) is 15.2. The van der Waals surface area contributed by atoms with Crippen molar-refractivity contribution in [3.63, 3.8) is 0 Å². The zero-order valence-electron chi connectivity index (χ0n) is 13.7. The fourth-order valence-corrected chi connectivity index (χ4v) is 2.62. The lowest BCUT2D eigenvalue weighted by Crippen LogP contribution is -2.32. The molecule has 1 aromatic heterocycles. The fraction of sp³-hybridized carbons (Fsp3) is 0.278. The Labute approximate surface area is 156 Å². The zero-order chi connectivity index (χ0) is 18.2. The molecule has 1 N–H and O–H groups in total. The van der Waals surface area contributed by atoms with Crippen LogP contribution in [0.4, 0.5) is 0 Å². The van der Waals surface area contributed by atoms with E-state index in [9.17, 15) is 9.59 Å². The van der Waals surface area contributed by atoms with E-state index in [1.807, 2.05) is 37.3 Å². The standard InChI is InChI=1S/C18H18Cl2N2O3/c1-2-6-14(12-7-4-3-5-8-12)21-16(23)11-25-18(24)17-13(19)9-10-15(20)22-17/h3-5,7-10,14H,2,6,11H2,1H3,(H,21,23). The van der Waals surface area contributed by atoms with Crippen LogP contribution in [0.3, 0.4) is 0 Å². The summed E-state index contributed by atoms with van der Waals surface area (Å²) in [5.74, 6) is -1.19. The lowest BCUT2D eigenvalue weighted by Gasteiger charge is -2.18. The average molecular weight is 381 g/mol. The van der Waals surface area contributed by atoms with Gasteiger partial charge in [0.2, 0.25) is 0 Å². The first-order chi connectivity index (χ1) is 12.0. The monoisotopic (exact) mass is 380 g/mol. The molecule has 1 heterocycles. The lowest BCUT2D eigenvalue weighted by atomic mass is 10.0. The maximum absolute atomic E-state index is 12.1. The van der Waals surface area contributed by atoms with Crippen molar-refractivity contribution in [1.82, 2.24) is 10.3 Å². The number of ether oxygens (including phenoxy) is 1. The van der Waals surface area contributed by atoms with E-state index in [2.05, 4.69) is 10.3 Å². The van der Waals surface area contributed by atoms with Crippen LogP contribution in [0.2, 0.25) is 10.2 Å². The second-order valence-electron chi connectivity index (χ2n) is 5.36. The quantitative estimate of drug-likeness (QED) is 0.577. The molecule has 5 nitrogen and oxygen atoms in total. The van der Waals surface area contributed by atoms with Gasteiger partial charge in [-0.1, -0.05) is 66.9 Å². The van der Waals surface area contributed by atoms with E-state index in [1.165, 1.54) is 12.1 Å². The van der Waals surface area contributed by atoms with Crippen LogP contribution in [-0.4, -0.2) is 23.5 Å². The predicted octanol–water partition coefficient (Wildman–Crippen LogP) is 4.20. The molecule has 0 bridgehead atoms. The van der Waals surface area contributed by atoms with Gasteiger partial charge in [-0.3, -0.25) is 4.79 Å². The average Bonchev–Trinajstić information content (AvgIpc) is 2.62. The summed E-state index contributed by atoms with van der Waals surface area (Å²) in [7, 11) is 0. The Morgan fingerprint density at radius 1 is 1.16 bits per heavy atom. The van der Waals surface area contributed by atoms with Gasteiger partial charge in [-0.15, -0.1) is 0 Å². The van der Waals surface area contributed by atoms with Crippen LogP contribution >= 0.6 is 23.2 Å². The van der Waals surface area contributed by atoms with Crippen molar-refractivity contribution in [1.29, 1.82) is 0 Å². The normalized spacial score (nSPS) is 11.6. The Hall–Kier alpha value is -2.11. The molecule has 0 fully saturated rings. The molecule has 0 spiro atoms. The molecule has 1 unspecified atom stereocenters. The van der Waals surface area contributed by atoms with E-state index in [0.717, 1.165) is 18.4 Å². The summed E-state index contributed by atoms with van der Waals surface area (Å²) in [4.78, 5) is 27.9. The molecule has 0 radical (unpaired) electrons. The molecule has 0 aliphatic carbocycles. The van der Waals surface area contributed by atoms with Crippen LogP contribution in [0, 0.1) is 0 Å². The van der Waals surface area contributed by atoms with Crippen molar-refractivity contribution >= 4 is 35.1 Å². The molecule has 25 heavy (non-hydrogen) atoms. The number of pyridine rings is 1. The first kappa shape index (κ1) is 19.2. The van der Waals surface area contributed by atoms with Crippen molar-refractivity contribution in [2.24, 2.45) is 0 Å². The number of rotatable bonds is 7. The van der Waals surface area contributed by atoms with Crippen LogP contribution in [0.5, 0.6) is 0 Å². The van der Waals surface area contributed by atoms with Crippen LogP contribution in [0.25, 0.3) is 0 Å². The number of nitrogens with one attached hydrogen (secondary N) is 1. The second kappa shape index (κ2) is 9.39. The van der Waals surface area contributed by atoms with Crippen molar-refractivity contribution < 1.29 is 14.3 Å². The predicted molar refractivity (Wildman–Crippen MR) is 96.8 cm³/mol. The van der Waals surface area contributed by atoms with Gasteiger partial charge in [0, 0.05) is 0 Å². The van der Waals surface area contributed by atoms with Crippen LogP contribution < -0.4 is 5.32 Å². The third-order valence-electron chi connectivity index (χ3n) is 3.45. The molecular weight excluding hydrogens is 363 g/mol. The van der Waals surface area contributed by atoms with Gasteiger partial charge in [-0.05, 0) is 24.1 Å². The highest BCUT2D eigenvalue weighted by Crippen LogP contribution is 2.19. The van der Waals surface area contributed by atoms with Crippen molar-refractivity contribution in [2.45, 2.75) is 25.8 Å². The molecule has 2 rings (SSSR count). The van der Waals surface area contributed by atoms with E-state index in [-0.39, 0.29) is 21.9 Å². The summed E-state index contributed by atoms with van der Waals surface area (Å²) < 4.78 is 4.98. The third-order valence-corrected chi connectivity index (χ3v) is 3.97. The van der Waals surface area contributed by atoms with Crippen molar-refractivity contribution in [3.05, 3.63) is 63.9 Å². The summed E-state index contributed by atoms with van der Waals surface area (Å²) in [6.45, 7) is 1.62. The Bertz CT molecular complexity index is 738. The molecule has 0 saturated heterocycles. The minimum atomic E-state index is -0.797. The van der Waals surface area contributed by atoms with Gasteiger partial charge in [0.1, 0.15) is 5.15 Å². The Morgan fingerprint density at radius 2 is 1.88 bits per heavy atom. The number of esters is 1. The highest BCUT2D eigenvalue weighted by molar-refractivity contribution is 6.34. The van der Waals surface area contributed by atoms with Crippen LogP contribution in [0.15, 0.2) is 42.5 Å². The number of hydrogen-bond donors (Lipinski definition) is 1. The van der Waals surface area contributed by atoms with Crippen molar-refractivity contribution in [2.75, 3.05) is 6.61 Å². The molecular formula is C18H18Cl2N2O3. The highest BCUT2D eigenvalue weighted by Gasteiger charge is 2.18. The second-order valence-corrected chi connectivity index (χ2v) is 6.15. The van der Waals surface area contributed by atoms with Gasteiger partial charge < -0.3 is 10.1 Å². The molecule has 7 heteroatoms. The summed E-state index contributed by atoms with van der Waals surface area (Å²) >= 11 is 11.6. The minimum absolute atomic E-state index is 0.114. The smallest absolute Gasteiger partial charge is 0.359 e. The van der Waals surface area contributed by atoms with E-state index in [0.29, 0.717) is 0 Å². The SMILES string of the molecule is CCCC(NC(=O)COC(=O)c1nc(Cl)ccc1Cl)c1ccccc1. The van der Waals surface area contributed by atoms with Crippen molar-refractivity contribution in [3.8, 4) is 0 Å². The lowest BCUT2D eigenvalue weighted by molar-refractivity contribution is -0.125. The molecule has 0 aliphatic rings. The molecule has 1 amide bonds. The molecule has 0 aliphatic heterocycles. The third kappa shape index (κ3) is 5.73. The van der Waals surface area contributed by atoms with Gasteiger partial charge >= 0.3 is 5.97 Å². The Morgan fingerprint density at radius 3 is 2.56 bits per heavy atom. The number of halogens is 2. The number of carbonyl (C=O) groups is 2. The number of amides is 1. The molecule has 0 saturated carbocycles. The van der Waals surface area contributed by atoms with Gasteiger partial charge in [0.25, 0.3) is 5.91 Å². The number of benzene rings is 1. The fourth-order valence-electron chi connectivity index (χ4n) is 2.29. The molecule has 2 aromatic rings. The summed E-state index contributed by atoms with van der Waals surface area (Å²) in [5.41, 5.74) is 0.888. The Balaban J connectivity index is 1.94. The highest BCUT2D eigenvalue weighted by atomic mass is 35.5. The van der Waals surface area contributed by atoms with E-state index in [4.69, 9.17) is 27.9 Å². The maximum atomic E-state index is 12.1. The van der Waals surface area contributed by atoms with Gasteiger partial charge in [-0.25, -0.2) is 9.78 Å². The Kier molecular flexibility index (Phi) is 7.22. The largest absolute Gasteiger partial charge is 0.451 e. The number of aromatic nitrogens is 1. The maximum Gasteiger partial charge on any atom is 0.359 e. The molecule has 1 atom stereocenters. The first-order valence-corrected chi connectivity index (χ1v) is 8.60. The van der Waals surface area contributed by atoms with E-state index >= 15 is 0 Å². The number of nitrogens with zero attached hydrogens (tertiary/aromatic N) is 1. The van der Waals surface area contributed by atoms with Gasteiger partial charge in [0.15, 0.2) is 12.3 Å². The summed E-state index contributed by atoms with van der Waals surface area (Å²) in [5, 5.41) is 3.10. The minimum Gasteiger partial charge on any atom is -0.451 e. The topological polar surface area (TPSA) is 68.3 Å². The number of carbonyl (C=O) groups excluding carboxylic acids is 2. The van der Waals surface area contributed by atoms with E-state index < -0.39 is 18.5 Å². The summed E-state index contributed by atoms with van der Waals surface area (Å²) in [6.07, 6.45) is 1.69. The van der Waals surface area contributed by atoms with E-state index in [1.54, 1.807) is 0 Å². The van der Waals surface area contributed by atoms with Gasteiger partial charge in [0.05, 0.1) is 11.1 Å². The molecule has 132 valence electrons. The first-order valence-electron chi connectivity index (χ1n) is 7.84. The van der Waals surface area contributed by atoms with Gasteiger partial charge in [-0.2, -0.15) is 0 Å².